The molecule has 0 saturated carbocycles. The molecule has 0 fully saturated rings. The van der Waals surface area contributed by atoms with E-state index in [0.29, 0.717) is 24.6 Å². The zero-order chi connectivity index (χ0) is 17.2. The molecule has 0 bridgehead atoms. The fraction of sp³-hybridized carbons (Fsp3) is 0.316. The maximum Gasteiger partial charge on any atom is 0.224 e. The summed E-state index contributed by atoms with van der Waals surface area (Å²) in [6.07, 6.45) is 0.348. The Morgan fingerprint density at radius 1 is 1.08 bits per heavy atom. The van der Waals surface area contributed by atoms with Crippen LogP contribution in [0, 0.1) is 0 Å². The number of nitrogens with one attached hydrogen (secondary N) is 2. The number of halogens is 1. The number of hydrogen-bond acceptors (Lipinski definition) is 3. The number of amides is 1. The SMILES string of the molecule is CCNCCNC(=O)Cc1cccc(OCc2cccc(Cl)c2)c1. The van der Waals surface area contributed by atoms with E-state index in [0.717, 1.165) is 30.0 Å². The Morgan fingerprint density at radius 2 is 1.88 bits per heavy atom. The maximum atomic E-state index is 11.9. The molecule has 24 heavy (non-hydrogen) atoms. The summed E-state index contributed by atoms with van der Waals surface area (Å²) in [5.41, 5.74) is 1.94. The van der Waals surface area contributed by atoms with E-state index in [1.54, 1.807) is 0 Å². The molecule has 0 radical (unpaired) electrons. The highest BCUT2D eigenvalue weighted by atomic mass is 35.5. The number of rotatable bonds is 9. The molecule has 128 valence electrons. The molecule has 2 N–H and O–H groups in total. The van der Waals surface area contributed by atoms with Gasteiger partial charge in [-0.2, -0.15) is 0 Å². The van der Waals surface area contributed by atoms with E-state index in [9.17, 15) is 4.79 Å². The lowest BCUT2D eigenvalue weighted by atomic mass is 10.1. The van der Waals surface area contributed by atoms with Gasteiger partial charge in [0, 0.05) is 18.1 Å². The molecule has 0 atom stereocenters. The second-order valence-electron chi connectivity index (χ2n) is 5.45. The summed E-state index contributed by atoms with van der Waals surface area (Å²) in [5, 5.41) is 6.75. The van der Waals surface area contributed by atoms with Gasteiger partial charge >= 0.3 is 0 Å². The molecule has 2 aromatic carbocycles. The fourth-order valence-corrected chi connectivity index (χ4v) is 2.47. The average Bonchev–Trinajstić information content (AvgIpc) is 2.57. The van der Waals surface area contributed by atoms with Gasteiger partial charge in [0.15, 0.2) is 0 Å². The maximum absolute atomic E-state index is 11.9. The van der Waals surface area contributed by atoms with Gasteiger partial charge in [0.1, 0.15) is 12.4 Å². The van der Waals surface area contributed by atoms with Gasteiger partial charge < -0.3 is 15.4 Å². The van der Waals surface area contributed by atoms with Crippen LogP contribution >= 0.6 is 11.6 Å². The van der Waals surface area contributed by atoms with E-state index in [-0.39, 0.29) is 5.91 Å². The van der Waals surface area contributed by atoms with Crippen molar-refractivity contribution in [2.75, 3.05) is 19.6 Å². The molecule has 2 rings (SSSR count). The van der Waals surface area contributed by atoms with E-state index in [4.69, 9.17) is 16.3 Å². The first kappa shape index (κ1) is 18.3. The summed E-state index contributed by atoms with van der Waals surface area (Å²) >= 11 is 5.97. The van der Waals surface area contributed by atoms with Gasteiger partial charge in [-0.25, -0.2) is 0 Å². The first-order valence-corrected chi connectivity index (χ1v) is 8.49. The van der Waals surface area contributed by atoms with Crippen molar-refractivity contribution in [1.82, 2.24) is 10.6 Å². The van der Waals surface area contributed by atoms with E-state index in [1.807, 2.05) is 55.5 Å². The van der Waals surface area contributed by atoms with Crippen LogP contribution in [0.5, 0.6) is 5.75 Å². The van der Waals surface area contributed by atoms with Gasteiger partial charge in [0.05, 0.1) is 6.42 Å². The minimum absolute atomic E-state index is 0.0138. The molecule has 1 amide bonds. The first-order valence-electron chi connectivity index (χ1n) is 8.11. The largest absolute Gasteiger partial charge is 0.489 e. The smallest absolute Gasteiger partial charge is 0.224 e. The molecule has 4 nitrogen and oxygen atoms in total. The lowest BCUT2D eigenvalue weighted by molar-refractivity contribution is -0.120. The number of ether oxygens (including phenoxy) is 1. The van der Waals surface area contributed by atoms with Crippen molar-refractivity contribution in [3.63, 3.8) is 0 Å². The number of likely N-dealkylation sites (N-methyl/N-ethyl adjacent to an activating group) is 1. The van der Waals surface area contributed by atoms with Crippen LogP contribution in [0.1, 0.15) is 18.1 Å². The van der Waals surface area contributed by atoms with Crippen molar-refractivity contribution in [2.45, 2.75) is 20.0 Å². The number of carbonyl (C=O) groups excluding carboxylic acids is 1. The standard InChI is InChI=1S/C19H23ClN2O2/c1-2-21-9-10-22-19(23)13-15-5-4-8-18(12-15)24-14-16-6-3-7-17(20)11-16/h3-8,11-12,21H,2,9-10,13-14H2,1H3,(H,22,23). The Morgan fingerprint density at radius 3 is 2.67 bits per heavy atom. The van der Waals surface area contributed by atoms with Gasteiger partial charge in [-0.3, -0.25) is 4.79 Å². The van der Waals surface area contributed by atoms with E-state index >= 15 is 0 Å². The molecule has 0 aromatic heterocycles. The predicted molar refractivity (Wildman–Crippen MR) is 97.5 cm³/mol. The molecule has 0 unspecified atom stereocenters. The van der Waals surface area contributed by atoms with Crippen LogP contribution in [-0.2, 0) is 17.8 Å². The highest BCUT2D eigenvalue weighted by molar-refractivity contribution is 6.30. The fourth-order valence-electron chi connectivity index (χ4n) is 2.25. The van der Waals surface area contributed by atoms with Crippen LogP contribution in [0.15, 0.2) is 48.5 Å². The van der Waals surface area contributed by atoms with Crippen molar-refractivity contribution < 1.29 is 9.53 Å². The van der Waals surface area contributed by atoms with E-state index < -0.39 is 0 Å². The van der Waals surface area contributed by atoms with E-state index in [1.165, 1.54) is 0 Å². The van der Waals surface area contributed by atoms with Crippen LogP contribution < -0.4 is 15.4 Å². The van der Waals surface area contributed by atoms with Gasteiger partial charge in [0.25, 0.3) is 0 Å². The molecular formula is C19H23ClN2O2. The van der Waals surface area contributed by atoms with Crippen LogP contribution in [0.2, 0.25) is 5.02 Å². The van der Waals surface area contributed by atoms with Gasteiger partial charge in [-0.05, 0) is 41.9 Å². The number of benzene rings is 2. The molecule has 2 aromatic rings. The van der Waals surface area contributed by atoms with Crippen molar-refractivity contribution in [3.05, 3.63) is 64.7 Å². The van der Waals surface area contributed by atoms with Crippen molar-refractivity contribution in [1.29, 1.82) is 0 Å². The predicted octanol–water partition coefficient (Wildman–Crippen LogP) is 3.19. The topological polar surface area (TPSA) is 50.4 Å². The quantitative estimate of drug-likeness (QED) is 0.686. The van der Waals surface area contributed by atoms with E-state index in [2.05, 4.69) is 10.6 Å². The molecule has 0 aliphatic heterocycles. The third kappa shape index (κ3) is 6.60. The van der Waals surface area contributed by atoms with Crippen LogP contribution in [0.4, 0.5) is 0 Å². The monoisotopic (exact) mass is 346 g/mol. The van der Waals surface area contributed by atoms with Gasteiger partial charge in [0.2, 0.25) is 5.91 Å². The first-order chi connectivity index (χ1) is 11.7. The second-order valence-corrected chi connectivity index (χ2v) is 5.88. The minimum atomic E-state index is 0.0138. The van der Waals surface area contributed by atoms with Crippen molar-refractivity contribution in [2.24, 2.45) is 0 Å². The van der Waals surface area contributed by atoms with Gasteiger partial charge in [-0.15, -0.1) is 0 Å². The summed E-state index contributed by atoms with van der Waals surface area (Å²) in [6.45, 7) is 4.81. The third-order valence-electron chi connectivity index (χ3n) is 3.43. The zero-order valence-electron chi connectivity index (χ0n) is 13.8. The van der Waals surface area contributed by atoms with Gasteiger partial charge in [-0.1, -0.05) is 42.8 Å². The van der Waals surface area contributed by atoms with Crippen molar-refractivity contribution >= 4 is 17.5 Å². The normalized spacial score (nSPS) is 10.4. The molecule has 0 spiro atoms. The number of hydrogen-bond donors (Lipinski definition) is 2. The highest BCUT2D eigenvalue weighted by Crippen LogP contribution is 2.17. The molecule has 0 saturated heterocycles. The van der Waals surface area contributed by atoms with Crippen molar-refractivity contribution in [3.8, 4) is 5.75 Å². The summed E-state index contributed by atoms with van der Waals surface area (Å²) in [6, 6.07) is 15.2. The Hall–Kier alpha value is -2.04. The molecular weight excluding hydrogens is 324 g/mol. The minimum Gasteiger partial charge on any atom is -0.489 e. The average molecular weight is 347 g/mol. The Kier molecular flexibility index (Phi) is 7.59. The second kappa shape index (κ2) is 9.96. The van der Waals surface area contributed by atoms with Crippen LogP contribution in [0.25, 0.3) is 0 Å². The Labute approximate surface area is 148 Å². The zero-order valence-corrected chi connectivity index (χ0v) is 14.6. The lowest BCUT2D eigenvalue weighted by Crippen LogP contribution is -2.32. The summed E-state index contributed by atoms with van der Waals surface area (Å²) in [7, 11) is 0. The Balaban J connectivity index is 1.83. The molecule has 5 heteroatoms. The number of carbonyl (C=O) groups is 1. The Bertz CT molecular complexity index is 661. The molecule has 0 aliphatic carbocycles. The lowest BCUT2D eigenvalue weighted by Gasteiger charge is -2.09. The molecule has 0 heterocycles. The highest BCUT2D eigenvalue weighted by Gasteiger charge is 2.04. The third-order valence-corrected chi connectivity index (χ3v) is 3.67. The molecule has 0 aliphatic rings. The summed E-state index contributed by atoms with van der Waals surface area (Å²) in [4.78, 5) is 11.9. The summed E-state index contributed by atoms with van der Waals surface area (Å²) in [5.74, 6) is 0.757. The summed E-state index contributed by atoms with van der Waals surface area (Å²) < 4.78 is 5.78. The van der Waals surface area contributed by atoms with Crippen LogP contribution in [-0.4, -0.2) is 25.5 Å². The van der Waals surface area contributed by atoms with Crippen LogP contribution in [0.3, 0.4) is 0 Å².